The fourth-order valence-corrected chi connectivity index (χ4v) is 8.09. The Morgan fingerprint density at radius 2 is 1.82 bits per heavy atom. The number of benzene rings is 3. The van der Waals surface area contributed by atoms with Gasteiger partial charge < -0.3 is 15.3 Å². The molecule has 3 aromatic carbocycles. The number of hydrogen-bond acceptors (Lipinski definition) is 10. The number of rotatable bonds is 6. The quantitative estimate of drug-likeness (QED) is 0.207. The molecule has 3 aliphatic rings. The van der Waals surface area contributed by atoms with E-state index in [-0.39, 0.29) is 53.7 Å². The Balaban J connectivity index is 1.02. The van der Waals surface area contributed by atoms with Gasteiger partial charge in [0.2, 0.25) is 17.7 Å². The summed E-state index contributed by atoms with van der Waals surface area (Å²) in [6.45, 7) is 3.13. The number of aromatic nitrogens is 2. The van der Waals surface area contributed by atoms with Crippen LogP contribution in [0.15, 0.2) is 47.3 Å². The number of carbonyl (C=O) groups is 4. The van der Waals surface area contributed by atoms with Crippen LogP contribution in [0.25, 0.3) is 21.8 Å². The largest absolute Gasteiger partial charge is 0.506 e. The molecule has 0 radical (unpaired) electrons. The summed E-state index contributed by atoms with van der Waals surface area (Å²) < 4.78 is 45.0. The highest BCUT2D eigenvalue weighted by Crippen LogP contribution is 2.39. The van der Waals surface area contributed by atoms with E-state index in [0.29, 0.717) is 40.7 Å². The van der Waals surface area contributed by atoms with E-state index in [2.05, 4.69) is 15.5 Å². The number of nitrogens with zero attached hydrogens (tertiary/aromatic N) is 5. The number of halogens is 1. The Hall–Kier alpha value is -5.49. The second-order valence-corrected chi connectivity index (χ2v) is 14.3. The van der Waals surface area contributed by atoms with Gasteiger partial charge in [-0.3, -0.25) is 38.5 Å². The summed E-state index contributed by atoms with van der Waals surface area (Å²) in [6.07, 6.45) is 0.403. The fraction of sp³-hybridized carbons (Fsp3) is 0.344. The molecule has 4 N–H and O–H groups in total. The monoisotopic (exact) mass is 708 g/mol. The van der Waals surface area contributed by atoms with Crippen LogP contribution < -0.4 is 30.3 Å². The molecule has 0 spiro atoms. The van der Waals surface area contributed by atoms with Crippen LogP contribution in [0, 0.1) is 5.82 Å². The number of aromatic hydroxyl groups is 1. The SMILES string of the molecule is C[C@@H]1CN(c2ccc3c(c2)n(C)c(=O)n3C2CCC(=O)NC2=O)CCN1CC(=O)Nc1ccc2c(F)c(N3CC(=O)NS3(=O)=O)c(O)cc2c1. The third kappa shape index (κ3) is 5.68. The lowest BCUT2D eigenvalue weighted by atomic mass is 10.1. The summed E-state index contributed by atoms with van der Waals surface area (Å²) in [6, 6.07) is 10.2. The molecule has 0 saturated carbocycles. The number of hydrogen-bond donors (Lipinski definition) is 4. The average Bonchev–Trinajstić information content (AvgIpc) is 3.46. The minimum Gasteiger partial charge on any atom is -0.506 e. The molecule has 2 atom stereocenters. The van der Waals surface area contributed by atoms with Gasteiger partial charge in [-0.1, -0.05) is 0 Å². The number of phenols is 1. The van der Waals surface area contributed by atoms with Gasteiger partial charge in [0.25, 0.3) is 5.91 Å². The molecule has 7 rings (SSSR count). The molecule has 3 saturated heterocycles. The van der Waals surface area contributed by atoms with Crippen LogP contribution in [-0.4, -0.2) is 90.0 Å². The van der Waals surface area contributed by atoms with E-state index in [0.717, 1.165) is 5.69 Å². The van der Waals surface area contributed by atoms with Crippen LogP contribution in [0.4, 0.5) is 21.5 Å². The Kier molecular flexibility index (Phi) is 8.01. The normalized spacial score (nSPS) is 21.1. The third-order valence-electron chi connectivity index (χ3n) is 9.46. The number of fused-ring (bicyclic) bond motifs is 2. The van der Waals surface area contributed by atoms with E-state index >= 15 is 4.39 Å². The summed E-state index contributed by atoms with van der Waals surface area (Å²) in [5.41, 5.74) is 1.48. The standard InChI is InChI=1S/C32H33FN8O8S/c1-17-14-39(20-4-6-22-24(13-20)37(2)32(47)41(22)23-7-8-26(43)35-31(23)46)10-9-38(17)15-27(44)34-19-3-5-21-18(11-19)12-25(42)30(29(21)33)40-16-28(45)36-50(40,48)49/h3-6,11-13,17,23,42H,7-10,14-16H2,1-2H3,(H,34,44)(H,36,45)(H,35,43,46)/t17-,23?/m1/s1. The molecule has 18 heteroatoms. The predicted octanol–water partition coefficient (Wildman–Crippen LogP) is 0.646. The number of nitrogens with one attached hydrogen (secondary N) is 3. The van der Waals surface area contributed by atoms with Crippen molar-refractivity contribution in [3.63, 3.8) is 0 Å². The molecule has 4 aromatic rings. The first-order valence-electron chi connectivity index (χ1n) is 15.8. The first-order valence-corrected chi connectivity index (χ1v) is 17.3. The van der Waals surface area contributed by atoms with Crippen molar-refractivity contribution in [2.75, 3.05) is 47.2 Å². The van der Waals surface area contributed by atoms with Gasteiger partial charge in [-0.15, -0.1) is 0 Å². The van der Waals surface area contributed by atoms with Crippen LogP contribution in [0.5, 0.6) is 5.75 Å². The number of anilines is 3. The number of piperazine rings is 1. The molecule has 0 aliphatic carbocycles. The number of phenolic OH excluding ortho intramolecular Hbond substituents is 1. The summed E-state index contributed by atoms with van der Waals surface area (Å²) >= 11 is 0. The zero-order valence-electron chi connectivity index (χ0n) is 27.0. The average molecular weight is 709 g/mol. The van der Waals surface area contributed by atoms with E-state index in [1.54, 1.807) is 11.8 Å². The lowest BCUT2D eigenvalue weighted by molar-refractivity contribution is -0.135. The lowest BCUT2D eigenvalue weighted by Crippen LogP contribution is -2.53. The number of imide groups is 1. The lowest BCUT2D eigenvalue weighted by Gasteiger charge is -2.40. The second-order valence-electron chi connectivity index (χ2n) is 12.7. The van der Waals surface area contributed by atoms with Crippen LogP contribution in [0.1, 0.15) is 25.8 Å². The Morgan fingerprint density at radius 1 is 1.04 bits per heavy atom. The summed E-state index contributed by atoms with van der Waals surface area (Å²) in [5.74, 6) is -3.73. The zero-order chi connectivity index (χ0) is 35.6. The highest BCUT2D eigenvalue weighted by Gasteiger charge is 2.38. The second kappa shape index (κ2) is 12.1. The topological polar surface area (TPSA) is 195 Å². The first-order chi connectivity index (χ1) is 23.7. The molecule has 3 fully saturated rings. The zero-order valence-corrected chi connectivity index (χ0v) is 27.8. The number of imidazole rings is 1. The van der Waals surface area contributed by atoms with Gasteiger partial charge >= 0.3 is 15.9 Å². The van der Waals surface area contributed by atoms with E-state index < -0.39 is 51.9 Å². The van der Waals surface area contributed by atoms with Gasteiger partial charge in [0, 0.05) is 55.9 Å². The minimum atomic E-state index is -4.35. The smallest absolute Gasteiger partial charge is 0.329 e. The van der Waals surface area contributed by atoms with Gasteiger partial charge in [0.1, 0.15) is 24.0 Å². The molecular formula is C32H33FN8O8S. The molecular weight excluding hydrogens is 675 g/mol. The maximum atomic E-state index is 15.4. The summed E-state index contributed by atoms with van der Waals surface area (Å²) in [5, 5.41) is 15.8. The van der Waals surface area contributed by atoms with E-state index in [1.807, 2.05) is 30.0 Å². The van der Waals surface area contributed by atoms with E-state index in [9.17, 15) is 37.5 Å². The number of carbonyl (C=O) groups excluding carboxylic acids is 4. The minimum absolute atomic E-state index is 0.0131. The van der Waals surface area contributed by atoms with Crippen molar-refractivity contribution in [2.24, 2.45) is 7.05 Å². The van der Waals surface area contributed by atoms with Gasteiger partial charge in [-0.25, -0.2) is 18.2 Å². The van der Waals surface area contributed by atoms with Gasteiger partial charge in [0.15, 0.2) is 5.82 Å². The Labute approximate surface area is 284 Å². The predicted molar refractivity (Wildman–Crippen MR) is 180 cm³/mol. The molecule has 1 aromatic heterocycles. The summed E-state index contributed by atoms with van der Waals surface area (Å²) in [4.78, 5) is 66.2. The van der Waals surface area contributed by atoms with Crippen LogP contribution in [0.2, 0.25) is 0 Å². The van der Waals surface area contributed by atoms with Crippen molar-refractivity contribution in [3.05, 3.63) is 58.8 Å². The van der Waals surface area contributed by atoms with Crippen LogP contribution in [-0.2, 0) is 36.4 Å². The van der Waals surface area contributed by atoms with Crippen molar-refractivity contribution in [2.45, 2.75) is 31.8 Å². The molecule has 0 bridgehead atoms. The van der Waals surface area contributed by atoms with E-state index in [1.165, 1.54) is 33.4 Å². The van der Waals surface area contributed by atoms with Crippen molar-refractivity contribution >= 4 is 72.7 Å². The first kappa shape index (κ1) is 33.0. The van der Waals surface area contributed by atoms with Crippen molar-refractivity contribution in [1.29, 1.82) is 0 Å². The van der Waals surface area contributed by atoms with Gasteiger partial charge in [0.05, 0.1) is 17.6 Å². The maximum Gasteiger partial charge on any atom is 0.329 e. The van der Waals surface area contributed by atoms with Crippen molar-refractivity contribution < 1.29 is 37.1 Å². The summed E-state index contributed by atoms with van der Waals surface area (Å²) in [7, 11) is -2.71. The van der Waals surface area contributed by atoms with Crippen LogP contribution in [0.3, 0.4) is 0 Å². The van der Waals surface area contributed by atoms with E-state index in [4.69, 9.17) is 0 Å². The van der Waals surface area contributed by atoms with Crippen LogP contribution >= 0.6 is 0 Å². The Bertz CT molecular complexity index is 2300. The van der Waals surface area contributed by atoms with Crippen molar-refractivity contribution in [3.8, 4) is 5.75 Å². The van der Waals surface area contributed by atoms with Gasteiger partial charge in [-0.2, -0.15) is 8.42 Å². The molecule has 4 heterocycles. The molecule has 1 unspecified atom stereocenters. The Morgan fingerprint density at radius 3 is 2.52 bits per heavy atom. The fourth-order valence-electron chi connectivity index (χ4n) is 6.93. The molecule has 4 amide bonds. The maximum absolute atomic E-state index is 15.4. The highest BCUT2D eigenvalue weighted by atomic mass is 32.2. The third-order valence-corrected chi connectivity index (χ3v) is 10.8. The van der Waals surface area contributed by atoms with Gasteiger partial charge in [-0.05, 0) is 61.2 Å². The molecule has 50 heavy (non-hydrogen) atoms. The molecule has 262 valence electrons. The number of amides is 4. The van der Waals surface area contributed by atoms with Crippen molar-refractivity contribution in [1.82, 2.24) is 24.1 Å². The number of aryl methyl sites for hydroxylation is 1. The molecule has 16 nitrogen and oxygen atoms in total. The molecule has 3 aliphatic heterocycles. The number of piperidine rings is 1. The highest BCUT2D eigenvalue weighted by molar-refractivity contribution is 7.92.